The molecule has 0 fully saturated rings. The van der Waals surface area contributed by atoms with Crippen LogP contribution in [0.25, 0.3) is 21.9 Å². The Hall–Kier alpha value is -2.58. The van der Waals surface area contributed by atoms with Gasteiger partial charge in [0, 0.05) is 15.8 Å². The van der Waals surface area contributed by atoms with Crippen LogP contribution in [0, 0.1) is 6.92 Å². The number of hydrogen-bond donors (Lipinski definition) is 1. The average molecular weight is 388 g/mol. The summed E-state index contributed by atoms with van der Waals surface area (Å²) in [5, 5.41) is 6.05. The highest BCUT2D eigenvalue weighted by Gasteiger charge is 2.05. The standard InChI is InChI=1S/C23H18BrN/c1-16-6-15-22(23-5-3-2-4-21(16)23)17-7-11-19(12-8-17)25-20-13-9-18(24)10-14-20/h2-15,25H,1H3. The monoisotopic (exact) mass is 387 g/mol. The lowest BCUT2D eigenvalue weighted by Crippen LogP contribution is -1.90. The highest BCUT2D eigenvalue weighted by Crippen LogP contribution is 2.31. The van der Waals surface area contributed by atoms with E-state index in [0.717, 1.165) is 15.8 Å². The Morgan fingerprint density at radius 1 is 0.640 bits per heavy atom. The van der Waals surface area contributed by atoms with Crippen LogP contribution < -0.4 is 5.32 Å². The van der Waals surface area contributed by atoms with E-state index in [4.69, 9.17) is 0 Å². The van der Waals surface area contributed by atoms with Crippen molar-refractivity contribution in [3.8, 4) is 11.1 Å². The molecule has 25 heavy (non-hydrogen) atoms. The zero-order valence-corrected chi connectivity index (χ0v) is 15.5. The van der Waals surface area contributed by atoms with Crippen LogP contribution >= 0.6 is 15.9 Å². The van der Waals surface area contributed by atoms with Crippen molar-refractivity contribution in [2.45, 2.75) is 6.92 Å². The van der Waals surface area contributed by atoms with E-state index >= 15 is 0 Å². The molecule has 4 aromatic carbocycles. The maximum absolute atomic E-state index is 3.46. The van der Waals surface area contributed by atoms with Gasteiger partial charge in [0.05, 0.1) is 0 Å². The lowest BCUT2D eigenvalue weighted by molar-refractivity contribution is 1.51. The fourth-order valence-corrected chi connectivity index (χ4v) is 3.40. The van der Waals surface area contributed by atoms with Crippen LogP contribution in [0.4, 0.5) is 11.4 Å². The molecule has 0 heterocycles. The maximum atomic E-state index is 3.46. The summed E-state index contributed by atoms with van der Waals surface area (Å²) in [5.41, 5.74) is 5.99. The van der Waals surface area contributed by atoms with Gasteiger partial charge in [-0.3, -0.25) is 0 Å². The fourth-order valence-electron chi connectivity index (χ4n) is 3.13. The minimum Gasteiger partial charge on any atom is -0.356 e. The zero-order chi connectivity index (χ0) is 17.2. The fraction of sp³-hybridized carbons (Fsp3) is 0.0435. The highest BCUT2D eigenvalue weighted by molar-refractivity contribution is 9.10. The Morgan fingerprint density at radius 2 is 1.24 bits per heavy atom. The van der Waals surface area contributed by atoms with Gasteiger partial charge in [-0.05, 0) is 70.8 Å². The summed E-state index contributed by atoms with van der Waals surface area (Å²) in [6, 6.07) is 29.8. The Balaban J connectivity index is 1.67. The molecule has 0 aliphatic carbocycles. The quantitative estimate of drug-likeness (QED) is 0.388. The second kappa shape index (κ2) is 6.73. The smallest absolute Gasteiger partial charge is 0.0384 e. The molecular weight excluding hydrogens is 370 g/mol. The lowest BCUT2D eigenvalue weighted by atomic mass is 9.95. The molecule has 1 nitrogen and oxygen atoms in total. The van der Waals surface area contributed by atoms with Gasteiger partial charge in [-0.1, -0.05) is 64.5 Å². The SMILES string of the molecule is Cc1ccc(-c2ccc(Nc3ccc(Br)cc3)cc2)c2ccccc12. The van der Waals surface area contributed by atoms with E-state index in [1.54, 1.807) is 0 Å². The van der Waals surface area contributed by atoms with E-state index in [2.05, 4.69) is 101 Å². The van der Waals surface area contributed by atoms with Crippen molar-refractivity contribution in [1.82, 2.24) is 0 Å². The van der Waals surface area contributed by atoms with Crippen molar-refractivity contribution in [2.24, 2.45) is 0 Å². The van der Waals surface area contributed by atoms with Gasteiger partial charge in [-0.2, -0.15) is 0 Å². The van der Waals surface area contributed by atoms with E-state index in [1.165, 1.54) is 27.5 Å². The van der Waals surface area contributed by atoms with Crippen LogP contribution in [-0.2, 0) is 0 Å². The number of nitrogens with one attached hydrogen (secondary N) is 1. The van der Waals surface area contributed by atoms with Gasteiger partial charge in [0.1, 0.15) is 0 Å². The first-order valence-electron chi connectivity index (χ1n) is 8.32. The van der Waals surface area contributed by atoms with Gasteiger partial charge in [-0.15, -0.1) is 0 Å². The number of rotatable bonds is 3. The molecule has 1 N–H and O–H groups in total. The molecule has 0 saturated carbocycles. The van der Waals surface area contributed by atoms with Crippen LogP contribution in [0.5, 0.6) is 0 Å². The molecule has 0 spiro atoms. The Kier molecular flexibility index (Phi) is 4.29. The maximum Gasteiger partial charge on any atom is 0.0384 e. The van der Waals surface area contributed by atoms with Gasteiger partial charge in [-0.25, -0.2) is 0 Å². The molecule has 122 valence electrons. The van der Waals surface area contributed by atoms with Gasteiger partial charge >= 0.3 is 0 Å². The summed E-state index contributed by atoms with van der Waals surface area (Å²) in [6.07, 6.45) is 0. The Bertz CT molecular complexity index is 1020. The Labute approximate surface area is 156 Å². The van der Waals surface area contributed by atoms with Crippen LogP contribution in [0.2, 0.25) is 0 Å². The Morgan fingerprint density at radius 3 is 1.92 bits per heavy atom. The average Bonchev–Trinajstić information content (AvgIpc) is 2.65. The lowest BCUT2D eigenvalue weighted by Gasteiger charge is -2.11. The topological polar surface area (TPSA) is 12.0 Å². The molecule has 0 unspecified atom stereocenters. The molecule has 2 heteroatoms. The van der Waals surface area contributed by atoms with Crippen LogP contribution in [0.1, 0.15) is 5.56 Å². The summed E-state index contributed by atoms with van der Waals surface area (Å²) < 4.78 is 1.08. The zero-order valence-electron chi connectivity index (χ0n) is 14.0. The van der Waals surface area contributed by atoms with E-state index in [0.29, 0.717) is 0 Å². The first kappa shape index (κ1) is 15.9. The third kappa shape index (κ3) is 3.31. The molecule has 0 aromatic heterocycles. The predicted molar refractivity (Wildman–Crippen MR) is 112 cm³/mol. The minimum atomic E-state index is 1.08. The van der Waals surface area contributed by atoms with E-state index in [9.17, 15) is 0 Å². The van der Waals surface area contributed by atoms with Crippen molar-refractivity contribution in [1.29, 1.82) is 0 Å². The molecule has 0 amide bonds. The van der Waals surface area contributed by atoms with Crippen molar-refractivity contribution in [3.05, 3.63) is 95.0 Å². The van der Waals surface area contributed by atoms with Gasteiger partial charge < -0.3 is 5.32 Å². The van der Waals surface area contributed by atoms with Crippen molar-refractivity contribution in [3.63, 3.8) is 0 Å². The summed E-state index contributed by atoms with van der Waals surface area (Å²) in [4.78, 5) is 0. The minimum absolute atomic E-state index is 1.08. The molecule has 0 aliphatic heterocycles. The van der Waals surface area contributed by atoms with Crippen molar-refractivity contribution < 1.29 is 0 Å². The number of halogens is 1. The number of benzene rings is 4. The first-order chi connectivity index (χ1) is 12.2. The van der Waals surface area contributed by atoms with E-state index < -0.39 is 0 Å². The van der Waals surface area contributed by atoms with Crippen LogP contribution in [-0.4, -0.2) is 0 Å². The second-order valence-corrected chi connectivity index (χ2v) is 7.10. The summed E-state index contributed by atoms with van der Waals surface area (Å²) in [5.74, 6) is 0. The van der Waals surface area contributed by atoms with Gasteiger partial charge in [0.2, 0.25) is 0 Å². The summed E-state index contributed by atoms with van der Waals surface area (Å²) in [7, 11) is 0. The predicted octanol–water partition coefficient (Wildman–Crippen LogP) is 7.32. The third-order valence-corrected chi connectivity index (χ3v) is 5.00. The molecule has 0 saturated heterocycles. The highest BCUT2D eigenvalue weighted by atomic mass is 79.9. The third-order valence-electron chi connectivity index (χ3n) is 4.47. The van der Waals surface area contributed by atoms with Crippen molar-refractivity contribution in [2.75, 3.05) is 5.32 Å². The molecule has 0 radical (unpaired) electrons. The van der Waals surface area contributed by atoms with E-state index in [1.807, 2.05) is 12.1 Å². The number of hydrogen-bond acceptors (Lipinski definition) is 1. The number of aryl methyl sites for hydroxylation is 1. The second-order valence-electron chi connectivity index (χ2n) is 6.18. The normalized spacial score (nSPS) is 10.8. The van der Waals surface area contributed by atoms with E-state index in [-0.39, 0.29) is 0 Å². The van der Waals surface area contributed by atoms with Gasteiger partial charge in [0.25, 0.3) is 0 Å². The molecule has 4 rings (SSSR count). The first-order valence-corrected chi connectivity index (χ1v) is 9.11. The molecule has 4 aromatic rings. The van der Waals surface area contributed by atoms with Gasteiger partial charge in [0.15, 0.2) is 0 Å². The molecule has 0 aliphatic rings. The number of anilines is 2. The van der Waals surface area contributed by atoms with Crippen molar-refractivity contribution >= 4 is 38.1 Å². The summed E-state index contributed by atoms with van der Waals surface area (Å²) >= 11 is 3.46. The molecule has 0 bridgehead atoms. The van der Waals surface area contributed by atoms with Crippen LogP contribution in [0.15, 0.2) is 89.4 Å². The van der Waals surface area contributed by atoms with Crippen LogP contribution in [0.3, 0.4) is 0 Å². The summed E-state index contributed by atoms with van der Waals surface area (Å²) in [6.45, 7) is 2.16. The number of fused-ring (bicyclic) bond motifs is 1. The largest absolute Gasteiger partial charge is 0.356 e. The molecular formula is C23H18BrN. The molecule has 0 atom stereocenters.